The van der Waals surface area contributed by atoms with Crippen LogP contribution in [-0.4, -0.2) is 11.1 Å². The monoisotopic (exact) mass is 266 g/mol. The first-order valence-electron chi connectivity index (χ1n) is 4.87. The normalized spacial score (nSPS) is 10.2. The summed E-state index contributed by atoms with van der Waals surface area (Å²) >= 11 is 11.8. The molecule has 0 aromatic heterocycles. The molecule has 0 saturated carbocycles. The van der Waals surface area contributed by atoms with E-state index in [0.29, 0.717) is 10.6 Å². The Hall–Kier alpha value is -1.51. The molecule has 4 heteroatoms. The molecule has 17 heavy (non-hydrogen) atoms. The van der Waals surface area contributed by atoms with Gasteiger partial charge in [0.2, 0.25) is 0 Å². The Morgan fingerprint density at radius 1 is 1.06 bits per heavy atom. The molecule has 0 fully saturated rings. The molecule has 0 unspecified atom stereocenters. The second-order valence-electron chi connectivity index (χ2n) is 3.48. The minimum atomic E-state index is -1.05. The van der Waals surface area contributed by atoms with Crippen LogP contribution < -0.4 is 0 Å². The number of benzene rings is 2. The Kier molecular flexibility index (Phi) is 3.36. The predicted molar refractivity (Wildman–Crippen MR) is 68.9 cm³/mol. The molecule has 2 nitrogen and oxygen atoms in total. The molecule has 0 aliphatic carbocycles. The molecule has 0 aliphatic rings. The first kappa shape index (κ1) is 12.0. The SMILES string of the molecule is O=C(O)c1c(Cl)cccc1-c1cccc(Cl)c1. The minimum Gasteiger partial charge on any atom is -0.478 e. The van der Waals surface area contributed by atoms with Crippen LogP contribution in [0.25, 0.3) is 11.1 Å². The van der Waals surface area contributed by atoms with E-state index in [-0.39, 0.29) is 10.6 Å². The van der Waals surface area contributed by atoms with Crippen molar-refractivity contribution in [3.05, 3.63) is 58.1 Å². The van der Waals surface area contributed by atoms with E-state index < -0.39 is 5.97 Å². The number of rotatable bonds is 2. The Bertz CT molecular complexity index is 579. The van der Waals surface area contributed by atoms with Crippen molar-refractivity contribution in [1.82, 2.24) is 0 Å². The summed E-state index contributed by atoms with van der Waals surface area (Å²) in [6.45, 7) is 0. The molecule has 2 rings (SSSR count). The third-order valence-corrected chi connectivity index (χ3v) is 2.91. The third kappa shape index (κ3) is 2.43. The molecule has 0 bridgehead atoms. The van der Waals surface area contributed by atoms with Crippen molar-refractivity contribution in [3.8, 4) is 11.1 Å². The van der Waals surface area contributed by atoms with Crippen LogP contribution in [0.4, 0.5) is 0 Å². The van der Waals surface area contributed by atoms with Gasteiger partial charge in [-0.25, -0.2) is 4.79 Å². The Balaban J connectivity index is 2.67. The summed E-state index contributed by atoms with van der Waals surface area (Å²) in [6, 6.07) is 12.0. The highest BCUT2D eigenvalue weighted by Crippen LogP contribution is 2.30. The van der Waals surface area contributed by atoms with Crippen molar-refractivity contribution in [3.63, 3.8) is 0 Å². The smallest absolute Gasteiger partial charge is 0.337 e. The van der Waals surface area contributed by atoms with E-state index in [1.807, 2.05) is 0 Å². The van der Waals surface area contributed by atoms with Crippen molar-refractivity contribution < 1.29 is 9.90 Å². The number of carboxylic acids is 1. The highest BCUT2D eigenvalue weighted by molar-refractivity contribution is 6.34. The van der Waals surface area contributed by atoms with Crippen LogP contribution in [0, 0.1) is 0 Å². The van der Waals surface area contributed by atoms with E-state index in [0.717, 1.165) is 5.56 Å². The van der Waals surface area contributed by atoms with Gasteiger partial charge in [0.05, 0.1) is 10.6 Å². The fourth-order valence-corrected chi connectivity index (χ4v) is 2.08. The van der Waals surface area contributed by atoms with Gasteiger partial charge in [-0.05, 0) is 29.3 Å². The first-order chi connectivity index (χ1) is 8.09. The second-order valence-corrected chi connectivity index (χ2v) is 4.32. The highest BCUT2D eigenvalue weighted by Gasteiger charge is 2.15. The summed E-state index contributed by atoms with van der Waals surface area (Å²) < 4.78 is 0. The van der Waals surface area contributed by atoms with Gasteiger partial charge in [0.25, 0.3) is 0 Å². The summed E-state index contributed by atoms with van der Waals surface area (Å²) in [5.74, 6) is -1.05. The molecule has 0 spiro atoms. The molecule has 0 atom stereocenters. The van der Waals surface area contributed by atoms with Gasteiger partial charge < -0.3 is 5.11 Å². The average molecular weight is 267 g/mol. The fourth-order valence-electron chi connectivity index (χ4n) is 1.64. The van der Waals surface area contributed by atoms with Crippen molar-refractivity contribution >= 4 is 29.2 Å². The van der Waals surface area contributed by atoms with Gasteiger partial charge in [0, 0.05) is 5.02 Å². The topological polar surface area (TPSA) is 37.3 Å². The summed E-state index contributed by atoms with van der Waals surface area (Å²) in [5, 5.41) is 9.93. The standard InChI is InChI=1S/C13H8Cl2O2/c14-9-4-1-3-8(7-9)10-5-2-6-11(15)12(10)13(16)17/h1-7H,(H,16,17). The largest absolute Gasteiger partial charge is 0.478 e. The van der Waals surface area contributed by atoms with Crippen molar-refractivity contribution in [2.24, 2.45) is 0 Å². The highest BCUT2D eigenvalue weighted by atomic mass is 35.5. The molecular formula is C13H8Cl2O2. The molecule has 0 heterocycles. The van der Waals surface area contributed by atoms with Crippen molar-refractivity contribution in [2.45, 2.75) is 0 Å². The number of hydrogen-bond donors (Lipinski definition) is 1. The van der Waals surface area contributed by atoms with E-state index >= 15 is 0 Å². The van der Waals surface area contributed by atoms with Crippen molar-refractivity contribution in [1.29, 1.82) is 0 Å². The molecular weight excluding hydrogens is 259 g/mol. The van der Waals surface area contributed by atoms with E-state index in [1.54, 1.807) is 42.5 Å². The lowest BCUT2D eigenvalue weighted by molar-refractivity contribution is 0.0698. The molecule has 2 aromatic rings. The van der Waals surface area contributed by atoms with Crippen LogP contribution in [0.15, 0.2) is 42.5 Å². The van der Waals surface area contributed by atoms with Gasteiger partial charge in [0.15, 0.2) is 0 Å². The molecule has 0 amide bonds. The van der Waals surface area contributed by atoms with Gasteiger partial charge in [-0.2, -0.15) is 0 Å². The lowest BCUT2D eigenvalue weighted by Crippen LogP contribution is -2.00. The van der Waals surface area contributed by atoms with Gasteiger partial charge in [0.1, 0.15) is 0 Å². The summed E-state index contributed by atoms with van der Waals surface area (Å²) in [7, 11) is 0. The maximum Gasteiger partial charge on any atom is 0.337 e. The number of carbonyl (C=O) groups is 1. The Morgan fingerprint density at radius 3 is 2.41 bits per heavy atom. The van der Waals surface area contributed by atoms with Crippen LogP contribution in [0.3, 0.4) is 0 Å². The lowest BCUT2D eigenvalue weighted by Gasteiger charge is -2.08. The van der Waals surface area contributed by atoms with Crippen LogP contribution >= 0.6 is 23.2 Å². The average Bonchev–Trinajstić information content (AvgIpc) is 2.28. The fraction of sp³-hybridized carbons (Fsp3) is 0. The number of carboxylic acid groups (broad SMARTS) is 1. The van der Waals surface area contributed by atoms with Crippen molar-refractivity contribution in [2.75, 3.05) is 0 Å². The van der Waals surface area contributed by atoms with Gasteiger partial charge >= 0.3 is 5.97 Å². The zero-order valence-corrected chi connectivity index (χ0v) is 10.2. The van der Waals surface area contributed by atoms with Crippen LogP contribution in [-0.2, 0) is 0 Å². The zero-order chi connectivity index (χ0) is 12.4. The Morgan fingerprint density at radius 2 is 1.76 bits per heavy atom. The maximum absolute atomic E-state index is 11.2. The number of hydrogen-bond acceptors (Lipinski definition) is 1. The summed E-state index contributed by atoms with van der Waals surface area (Å²) in [6.07, 6.45) is 0. The number of aromatic carboxylic acids is 1. The molecule has 0 aliphatic heterocycles. The van der Waals surface area contributed by atoms with Gasteiger partial charge in [-0.15, -0.1) is 0 Å². The molecule has 2 aromatic carbocycles. The van der Waals surface area contributed by atoms with Gasteiger partial charge in [-0.3, -0.25) is 0 Å². The number of halogens is 2. The van der Waals surface area contributed by atoms with Crippen LogP contribution in [0.2, 0.25) is 10.0 Å². The second kappa shape index (κ2) is 4.78. The maximum atomic E-state index is 11.2. The predicted octanol–water partition coefficient (Wildman–Crippen LogP) is 4.36. The van der Waals surface area contributed by atoms with E-state index in [2.05, 4.69) is 0 Å². The molecule has 1 N–H and O–H groups in total. The lowest BCUT2D eigenvalue weighted by atomic mass is 10.00. The van der Waals surface area contributed by atoms with Gasteiger partial charge in [-0.1, -0.05) is 47.5 Å². The van der Waals surface area contributed by atoms with E-state index in [1.165, 1.54) is 0 Å². The molecule has 86 valence electrons. The van der Waals surface area contributed by atoms with E-state index in [4.69, 9.17) is 28.3 Å². The Labute approximate surface area is 108 Å². The third-order valence-electron chi connectivity index (χ3n) is 2.36. The first-order valence-corrected chi connectivity index (χ1v) is 5.63. The summed E-state index contributed by atoms with van der Waals surface area (Å²) in [5.41, 5.74) is 1.39. The van der Waals surface area contributed by atoms with Crippen LogP contribution in [0.1, 0.15) is 10.4 Å². The minimum absolute atomic E-state index is 0.0939. The zero-order valence-electron chi connectivity index (χ0n) is 8.65. The molecule has 0 saturated heterocycles. The quantitative estimate of drug-likeness (QED) is 0.877. The summed E-state index contributed by atoms with van der Waals surface area (Å²) in [4.78, 5) is 11.2. The van der Waals surface area contributed by atoms with E-state index in [9.17, 15) is 4.79 Å². The molecule has 0 radical (unpaired) electrons. The van der Waals surface area contributed by atoms with Crippen LogP contribution in [0.5, 0.6) is 0 Å².